The van der Waals surface area contributed by atoms with Crippen LogP contribution >= 0.6 is 22.6 Å². The smallest absolute Gasteiger partial charge is 0.406 e. The molecular formula is C15H13F3INO3. The lowest BCUT2D eigenvalue weighted by Gasteiger charge is -2.23. The Morgan fingerprint density at radius 3 is 2.48 bits per heavy atom. The normalized spacial score (nSPS) is 11.3. The van der Waals surface area contributed by atoms with Crippen LogP contribution in [0.5, 0.6) is 5.75 Å². The van der Waals surface area contributed by atoms with E-state index in [1.165, 1.54) is 12.3 Å². The van der Waals surface area contributed by atoms with Gasteiger partial charge in [0.25, 0.3) is 5.91 Å². The van der Waals surface area contributed by atoms with Crippen molar-refractivity contribution >= 4 is 28.5 Å². The molecule has 23 heavy (non-hydrogen) atoms. The predicted molar refractivity (Wildman–Crippen MR) is 84.8 cm³/mol. The Balaban J connectivity index is 1.98. The predicted octanol–water partition coefficient (Wildman–Crippen LogP) is 3.85. The zero-order valence-corrected chi connectivity index (χ0v) is 14.0. The third-order valence-corrected chi connectivity index (χ3v) is 3.54. The van der Waals surface area contributed by atoms with Crippen LogP contribution in [0.1, 0.15) is 5.76 Å². The summed E-state index contributed by atoms with van der Waals surface area (Å²) in [5.41, 5.74) is 0. The molecule has 0 N–H and O–H groups in total. The highest BCUT2D eigenvalue weighted by Crippen LogP contribution is 2.19. The van der Waals surface area contributed by atoms with E-state index in [0.717, 1.165) is 3.57 Å². The van der Waals surface area contributed by atoms with Crippen LogP contribution in [0, 0.1) is 3.57 Å². The molecule has 1 amide bonds. The molecule has 8 heteroatoms. The molecule has 0 aliphatic carbocycles. The summed E-state index contributed by atoms with van der Waals surface area (Å²) in [4.78, 5) is 12.7. The molecule has 0 unspecified atom stereocenters. The number of benzene rings is 1. The summed E-state index contributed by atoms with van der Waals surface area (Å²) in [5, 5.41) is 0. The van der Waals surface area contributed by atoms with Gasteiger partial charge in [0.2, 0.25) is 0 Å². The summed E-state index contributed by atoms with van der Waals surface area (Å²) in [6.45, 7) is -2.10. The second-order valence-electron chi connectivity index (χ2n) is 4.69. The Labute approximate surface area is 144 Å². The first-order valence-corrected chi connectivity index (χ1v) is 7.66. The molecule has 1 heterocycles. The first kappa shape index (κ1) is 17.6. The van der Waals surface area contributed by atoms with Crippen LogP contribution in [-0.2, 0) is 11.3 Å². The van der Waals surface area contributed by atoms with Gasteiger partial charge in [-0.25, -0.2) is 0 Å². The Morgan fingerprint density at radius 1 is 1.22 bits per heavy atom. The van der Waals surface area contributed by atoms with Crippen molar-refractivity contribution in [1.82, 2.24) is 4.90 Å². The third kappa shape index (κ3) is 6.12. The van der Waals surface area contributed by atoms with E-state index in [-0.39, 0.29) is 12.3 Å². The third-order valence-electron chi connectivity index (χ3n) is 2.83. The maximum absolute atomic E-state index is 12.6. The van der Waals surface area contributed by atoms with Crippen LogP contribution in [0.4, 0.5) is 13.2 Å². The number of carbonyl (C=O) groups excluding carboxylic acids is 1. The van der Waals surface area contributed by atoms with Crippen molar-refractivity contribution in [1.29, 1.82) is 0 Å². The number of halogens is 4. The number of nitrogens with zero attached hydrogens (tertiary/aromatic N) is 1. The number of alkyl halides is 3. The molecule has 0 atom stereocenters. The molecule has 1 aromatic carbocycles. The molecule has 2 aromatic rings. The van der Waals surface area contributed by atoms with E-state index in [1.54, 1.807) is 30.3 Å². The highest BCUT2D eigenvalue weighted by atomic mass is 127. The molecule has 0 bridgehead atoms. The van der Waals surface area contributed by atoms with Gasteiger partial charge in [-0.3, -0.25) is 4.79 Å². The van der Waals surface area contributed by atoms with Crippen LogP contribution < -0.4 is 4.74 Å². The number of hydrogen-bond acceptors (Lipinski definition) is 3. The van der Waals surface area contributed by atoms with Crippen molar-refractivity contribution in [2.45, 2.75) is 12.7 Å². The first-order chi connectivity index (χ1) is 10.8. The van der Waals surface area contributed by atoms with Crippen LogP contribution in [0.2, 0.25) is 0 Å². The molecule has 0 aliphatic heterocycles. The number of ether oxygens (including phenoxy) is 1. The summed E-state index contributed by atoms with van der Waals surface area (Å²) < 4.78 is 49.1. The van der Waals surface area contributed by atoms with Crippen molar-refractivity contribution < 1.29 is 27.1 Å². The lowest BCUT2D eigenvalue weighted by atomic mass is 10.3. The molecule has 0 spiro atoms. The Hall–Kier alpha value is -1.71. The highest BCUT2D eigenvalue weighted by Gasteiger charge is 2.33. The molecule has 4 nitrogen and oxygen atoms in total. The minimum absolute atomic E-state index is 0.263. The number of rotatable bonds is 6. The molecular weight excluding hydrogens is 426 g/mol. The quantitative estimate of drug-likeness (QED) is 0.643. The minimum atomic E-state index is -4.49. The van der Waals surface area contributed by atoms with Crippen LogP contribution in [-0.4, -0.2) is 30.1 Å². The number of amides is 1. The lowest BCUT2D eigenvalue weighted by Crippen LogP contribution is -2.40. The van der Waals surface area contributed by atoms with Gasteiger partial charge in [0.1, 0.15) is 18.1 Å². The maximum Gasteiger partial charge on any atom is 0.406 e. The standard InChI is InChI=1S/C15H13F3INO3/c16-15(17,18)10-20(8-13-2-1-7-22-13)14(21)9-23-12-5-3-11(19)4-6-12/h1-7H,8-10H2. The number of carbonyl (C=O) groups is 1. The molecule has 124 valence electrons. The van der Waals surface area contributed by atoms with Crippen molar-refractivity contribution in [2.24, 2.45) is 0 Å². The van der Waals surface area contributed by atoms with E-state index in [1.807, 2.05) is 0 Å². The van der Waals surface area contributed by atoms with E-state index >= 15 is 0 Å². The van der Waals surface area contributed by atoms with Gasteiger partial charge in [-0.05, 0) is 59.0 Å². The van der Waals surface area contributed by atoms with Crippen molar-refractivity contribution in [3.8, 4) is 5.75 Å². The van der Waals surface area contributed by atoms with Crippen molar-refractivity contribution in [3.05, 3.63) is 52.0 Å². The van der Waals surface area contributed by atoms with Crippen LogP contribution in [0.15, 0.2) is 47.1 Å². The summed E-state index contributed by atoms with van der Waals surface area (Å²) in [6.07, 6.45) is -3.15. The molecule has 0 radical (unpaired) electrons. The van der Waals surface area contributed by atoms with Crippen molar-refractivity contribution in [2.75, 3.05) is 13.2 Å². The van der Waals surface area contributed by atoms with Crippen LogP contribution in [0.25, 0.3) is 0 Å². The fourth-order valence-corrected chi connectivity index (χ4v) is 2.17. The second-order valence-corrected chi connectivity index (χ2v) is 5.93. The average molecular weight is 439 g/mol. The number of hydrogen-bond donors (Lipinski definition) is 0. The largest absolute Gasteiger partial charge is 0.484 e. The summed E-state index contributed by atoms with van der Waals surface area (Å²) in [6, 6.07) is 9.91. The second kappa shape index (κ2) is 7.71. The summed E-state index contributed by atoms with van der Waals surface area (Å²) >= 11 is 2.11. The minimum Gasteiger partial charge on any atom is -0.484 e. The lowest BCUT2D eigenvalue weighted by molar-refractivity contribution is -0.164. The zero-order chi connectivity index (χ0) is 16.9. The molecule has 0 aliphatic rings. The zero-order valence-electron chi connectivity index (χ0n) is 11.8. The Morgan fingerprint density at radius 2 is 1.91 bits per heavy atom. The first-order valence-electron chi connectivity index (χ1n) is 6.59. The highest BCUT2D eigenvalue weighted by molar-refractivity contribution is 14.1. The summed E-state index contributed by atoms with van der Waals surface area (Å²) in [7, 11) is 0. The molecule has 0 saturated heterocycles. The van der Waals surface area contributed by atoms with Gasteiger partial charge in [0.15, 0.2) is 6.61 Å². The van der Waals surface area contributed by atoms with Gasteiger partial charge >= 0.3 is 6.18 Å². The average Bonchev–Trinajstić information content (AvgIpc) is 2.97. The monoisotopic (exact) mass is 439 g/mol. The van der Waals surface area contributed by atoms with Gasteiger partial charge in [-0.15, -0.1) is 0 Å². The number of furan rings is 1. The van der Waals surface area contributed by atoms with E-state index in [4.69, 9.17) is 9.15 Å². The van der Waals surface area contributed by atoms with E-state index in [2.05, 4.69) is 22.6 Å². The fraction of sp³-hybridized carbons (Fsp3) is 0.267. The van der Waals surface area contributed by atoms with E-state index in [0.29, 0.717) is 10.6 Å². The van der Waals surface area contributed by atoms with E-state index < -0.39 is 25.2 Å². The van der Waals surface area contributed by atoms with Crippen LogP contribution in [0.3, 0.4) is 0 Å². The van der Waals surface area contributed by atoms with Gasteiger partial charge < -0.3 is 14.1 Å². The molecule has 0 saturated carbocycles. The van der Waals surface area contributed by atoms with Gasteiger partial charge in [0, 0.05) is 3.57 Å². The molecule has 2 rings (SSSR count). The SMILES string of the molecule is O=C(COc1ccc(I)cc1)N(Cc1ccco1)CC(F)(F)F. The van der Waals surface area contributed by atoms with Gasteiger partial charge in [-0.2, -0.15) is 13.2 Å². The fourth-order valence-electron chi connectivity index (χ4n) is 1.81. The summed E-state index contributed by atoms with van der Waals surface area (Å²) in [5.74, 6) is -0.0714. The van der Waals surface area contributed by atoms with Gasteiger partial charge in [0.05, 0.1) is 12.8 Å². The Bertz CT molecular complexity index is 626. The van der Waals surface area contributed by atoms with Crippen molar-refractivity contribution in [3.63, 3.8) is 0 Å². The molecule has 1 aromatic heterocycles. The topological polar surface area (TPSA) is 42.7 Å². The maximum atomic E-state index is 12.6. The van der Waals surface area contributed by atoms with E-state index in [9.17, 15) is 18.0 Å². The Kier molecular flexibility index (Phi) is 5.91. The molecule has 0 fully saturated rings. The van der Waals surface area contributed by atoms with Gasteiger partial charge in [-0.1, -0.05) is 0 Å².